The summed E-state index contributed by atoms with van der Waals surface area (Å²) in [6.45, 7) is 9.01. The Bertz CT molecular complexity index is 1500. The van der Waals surface area contributed by atoms with Crippen molar-refractivity contribution in [1.29, 1.82) is 5.41 Å². The molecule has 0 unspecified atom stereocenters. The minimum Gasteiger partial charge on any atom is -0.398 e. The van der Waals surface area contributed by atoms with Gasteiger partial charge in [-0.15, -0.1) is 0 Å². The lowest BCUT2D eigenvalue weighted by Gasteiger charge is -2.27. The number of nitrogens with one attached hydrogen (secondary N) is 1. The number of fused-ring (bicyclic) bond motifs is 1. The maximum Gasteiger partial charge on any atom is 0.127 e. The first-order valence-electron chi connectivity index (χ1n) is 11.3. The number of nitrogen functional groups attached to an aromatic ring is 1. The fourth-order valence-corrected chi connectivity index (χ4v) is 5.88. The van der Waals surface area contributed by atoms with Crippen molar-refractivity contribution in [3.05, 3.63) is 71.3 Å². The molecule has 4 aromatic rings. The van der Waals surface area contributed by atoms with Crippen LogP contribution in [0.2, 0.25) is 0 Å². The number of nitrogens with two attached hydrogens (primary N) is 1. The van der Waals surface area contributed by atoms with Crippen LogP contribution in [0.25, 0.3) is 27.7 Å². The Kier molecular flexibility index (Phi) is 6.20. The van der Waals surface area contributed by atoms with Gasteiger partial charge in [-0.2, -0.15) is 0 Å². The molecule has 182 valence electrons. The topological polar surface area (TPSA) is 105 Å². The van der Waals surface area contributed by atoms with E-state index in [0.29, 0.717) is 22.4 Å². The number of halogens is 1. The van der Waals surface area contributed by atoms with E-state index in [0.717, 1.165) is 33.3 Å². The summed E-state index contributed by atoms with van der Waals surface area (Å²) in [5.41, 5.74) is 11.9. The zero-order valence-electron chi connectivity index (χ0n) is 20.6. The van der Waals surface area contributed by atoms with E-state index in [2.05, 4.69) is 4.98 Å². The van der Waals surface area contributed by atoms with Crippen molar-refractivity contribution in [1.82, 2.24) is 9.55 Å². The van der Waals surface area contributed by atoms with E-state index in [-0.39, 0.29) is 12.4 Å². The summed E-state index contributed by atoms with van der Waals surface area (Å²) in [5, 5.41) is 19.1. The molecule has 0 amide bonds. The van der Waals surface area contributed by atoms with E-state index in [1.165, 1.54) is 18.3 Å². The molecule has 35 heavy (non-hydrogen) atoms. The van der Waals surface area contributed by atoms with Gasteiger partial charge in [0.05, 0.1) is 12.1 Å². The number of hydrogen-bond acceptors (Lipinski definition) is 5. The average Bonchev–Trinajstić information content (AvgIpc) is 3.12. The molecule has 0 saturated carbocycles. The summed E-state index contributed by atoms with van der Waals surface area (Å²) in [6.07, 6.45) is 2.91. The molecular formula is C27H30FN4O2P. The Morgan fingerprint density at radius 1 is 1.20 bits per heavy atom. The molecule has 2 aromatic heterocycles. The number of benzene rings is 2. The third-order valence-electron chi connectivity index (χ3n) is 6.30. The molecule has 0 bridgehead atoms. The molecule has 0 saturated heterocycles. The lowest BCUT2D eigenvalue weighted by molar-refractivity contribution is 0.214. The van der Waals surface area contributed by atoms with Crippen molar-refractivity contribution in [2.24, 2.45) is 0 Å². The van der Waals surface area contributed by atoms with Crippen molar-refractivity contribution < 1.29 is 14.1 Å². The minimum atomic E-state index is -2.57. The zero-order chi connectivity index (χ0) is 25.7. The first-order chi connectivity index (χ1) is 16.4. The van der Waals surface area contributed by atoms with Gasteiger partial charge in [-0.1, -0.05) is 13.8 Å². The summed E-state index contributed by atoms with van der Waals surface area (Å²) in [5.74, 6) is -0.350. The average molecular weight is 493 g/mol. The van der Waals surface area contributed by atoms with Gasteiger partial charge in [-0.05, 0) is 68.3 Å². The smallest absolute Gasteiger partial charge is 0.127 e. The lowest BCUT2D eigenvalue weighted by atomic mass is 9.85. The van der Waals surface area contributed by atoms with Crippen molar-refractivity contribution in [3.63, 3.8) is 0 Å². The second-order valence-electron chi connectivity index (χ2n) is 9.94. The normalized spacial score (nSPS) is 12.3. The highest BCUT2D eigenvalue weighted by Crippen LogP contribution is 2.44. The van der Waals surface area contributed by atoms with Crippen LogP contribution < -0.4 is 11.2 Å². The van der Waals surface area contributed by atoms with Crippen LogP contribution in [0.15, 0.2) is 48.7 Å². The van der Waals surface area contributed by atoms with E-state index < -0.39 is 12.6 Å². The highest BCUT2D eigenvalue weighted by Gasteiger charge is 2.32. The van der Waals surface area contributed by atoms with Crippen LogP contribution in [0, 0.1) is 18.2 Å². The number of hydrogen-bond donors (Lipinski definition) is 3. The summed E-state index contributed by atoms with van der Waals surface area (Å²) in [6, 6.07) is 11.8. The molecule has 4 N–H and O–H groups in total. The Labute approximate surface area is 204 Å². The van der Waals surface area contributed by atoms with Gasteiger partial charge < -0.3 is 25.4 Å². The molecule has 0 atom stereocenters. The predicted octanol–water partition coefficient (Wildman–Crippen LogP) is 5.24. The highest BCUT2D eigenvalue weighted by molar-refractivity contribution is 7.70. The minimum absolute atomic E-state index is 0.145. The molecule has 0 aliphatic heterocycles. The van der Waals surface area contributed by atoms with Crippen LogP contribution in [0.5, 0.6) is 0 Å². The van der Waals surface area contributed by atoms with E-state index in [4.69, 9.17) is 11.1 Å². The number of nitrogens with zero attached hydrogens (tertiary/aromatic N) is 2. The fourth-order valence-electron chi connectivity index (χ4n) is 4.63. The summed E-state index contributed by atoms with van der Waals surface area (Å²) >= 11 is 0. The van der Waals surface area contributed by atoms with Gasteiger partial charge in [-0.3, -0.25) is 4.98 Å². The van der Waals surface area contributed by atoms with Crippen LogP contribution in [-0.2, 0) is 9.98 Å². The number of aromatic nitrogens is 2. The van der Waals surface area contributed by atoms with Crippen LogP contribution >= 0.6 is 7.14 Å². The van der Waals surface area contributed by atoms with Crippen molar-refractivity contribution in [2.75, 3.05) is 25.7 Å². The van der Waals surface area contributed by atoms with Gasteiger partial charge in [0.25, 0.3) is 0 Å². The van der Waals surface area contributed by atoms with E-state index in [1.54, 1.807) is 31.7 Å². The Balaban J connectivity index is 2.20. The second-order valence-corrected chi connectivity index (χ2v) is 13.1. The quantitative estimate of drug-likeness (QED) is 0.195. The molecular weight excluding hydrogens is 462 g/mol. The predicted molar refractivity (Wildman–Crippen MR) is 143 cm³/mol. The van der Waals surface area contributed by atoms with Gasteiger partial charge in [0, 0.05) is 57.0 Å². The summed E-state index contributed by atoms with van der Waals surface area (Å²) in [7, 11) is -2.57. The summed E-state index contributed by atoms with van der Waals surface area (Å²) < 4.78 is 28.5. The molecule has 8 heteroatoms. The molecule has 0 radical (unpaired) electrons. The molecule has 6 nitrogen and oxygen atoms in total. The van der Waals surface area contributed by atoms with E-state index >= 15 is 0 Å². The molecule has 0 fully saturated rings. The van der Waals surface area contributed by atoms with Gasteiger partial charge in [0.15, 0.2) is 0 Å². The monoisotopic (exact) mass is 492 g/mol. The lowest BCUT2D eigenvalue weighted by Crippen LogP contribution is -2.26. The van der Waals surface area contributed by atoms with Crippen LogP contribution in [0.3, 0.4) is 0 Å². The second kappa shape index (κ2) is 8.74. The molecule has 0 spiro atoms. The maximum absolute atomic E-state index is 13.8. The van der Waals surface area contributed by atoms with E-state index in [9.17, 15) is 14.1 Å². The first kappa shape index (κ1) is 24.8. The number of aliphatic hydroxyl groups excluding tert-OH is 1. The van der Waals surface area contributed by atoms with Gasteiger partial charge >= 0.3 is 0 Å². The maximum atomic E-state index is 13.8. The molecule has 2 aromatic carbocycles. The van der Waals surface area contributed by atoms with Crippen molar-refractivity contribution >= 4 is 35.4 Å². The fraction of sp³-hybridized carbons (Fsp3) is 0.259. The third kappa shape index (κ3) is 4.30. The highest BCUT2D eigenvalue weighted by atomic mass is 31.2. The Morgan fingerprint density at radius 2 is 1.86 bits per heavy atom. The van der Waals surface area contributed by atoms with Crippen molar-refractivity contribution in [3.8, 4) is 16.8 Å². The Morgan fingerprint density at radius 3 is 2.40 bits per heavy atom. The third-order valence-corrected chi connectivity index (χ3v) is 7.79. The van der Waals surface area contributed by atoms with Crippen LogP contribution in [0.1, 0.15) is 30.7 Å². The largest absolute Gasteiger partial charge is 0.398 e. The molecule has 0 aliphatic rings. The molecule has 4 rings (SSSR count). The van der Waals surface area contributed by atoms with Crippen LogP contribution in [-0.4, -0.2) is 40.8 Å². The SMILES string of the molecule is Cc1cc(-c2c(C(C)(C)CO)n(-c3ccc(F)cc3)c3cc(C=N)c(N)cc23)cnc1P(C)(C)=O. The van der Waals surface area contributed by atoms with Crippen molar-refractivity contribution in [2.45, 2.75) is 26.2 Å². The van der Waals surface area contributed by atoms with Gasteiger partial charge in [0.2, 0.25) is 0 Å². The number of aliphatic hydroxyl groups is 1. The number of pyridine rings is 1. The molecule has 0 aliphatic carbocycles. The standard InChI is InChI=1S/C27H30FN4O2P/c1-16-10-18(14-31-26(16)35(4,5)34)24-21-12-22(30)17(13-29)11-23(21)32(25(24)27(2,3)15-33)20-8-6-19(28)7-9-20/h6-14,29,33H,15,30H2,1-5H3. The summed E-state index contributed by atoms with van der Waals surface area (Å²) in [4.78, 5) is 4.58. The zero-order valence-corrected chi connectivity index (χ0v) is 21.5. The molecule has 2 heterocycles. The van der Waals surface area contributed by atoms with Gasteiger partial charge in [0.1, 0.15) is 18.4 Å². The first-order valence-corrected chi connectivity index (χ1v) is 13.9. The Hall–Kier alpha value is -3.28. The number of anilines is 1. The number of rotatable bonds is 6. The number of aryl methyl sites for hydroxylation is 1. The van der Waals surface area contributed by atoms with E-state index in [1.807, 2.05) is 43.5 Å². The van der Waals surface area contributed by atoms with Gasteiger partial charge in [-0.25, -0.2) is 4.39 Å². The van der Waals surface area contributed by atoms with Crippen LogP contribution in [0.4, 0.5) is 10.1 Å².